The highest BCUT2D eigenvalue weighted by molar-refractivity contribution is 5.37. The van der Waals surface area contributed by atoms with Crippen LogP contribution in [0.15, 0.2) is 24.3 Å². The molecule has 0 fully saturated rings. The predicted octanol–water partition coefficient (Wildman–Crippen LogP) is 1.55. The third kappa shape index (κ3) is 2.03. The van der Waals surface area contributed by atoms with Gasteiger partial charge in [0.1, 0.15) is 5.75 Å². The lowest BCUT2D eigenvalue weighted by atomic mass is 9.85. The Balaban J connectivity index is 3.41. The molecule has 2 atom stereocenters. The molecule has 1 rings (SSSR count). The first-order valence-electron chi connectivity index (χ1n) is 4.88. The Kier molecular flexibility index (Phi) is 3.31. The molecular weight excluding hydrogens is 228 g/mol. The Morgan fingerprint density at radius 1 is 1.29 bits per heavy atom. The SMILES string of the molecule is CC([N+](=O)[O-])C(C)(c1ccccc1O)[N+](=O)[O-]. The van der Waals surface area contributed by atoms with E-state index in [2.05, 4.69) is 0 Å². The number of nitro groups is 2. The van der Waals surface area contributed by atoms with Gasteiger partial charge in [0.25, 0.3) is 6.04 Å². The smallest absolute Gasteiger partial charge is 0.313 e. The summed E-state index contributed by atoms with van der Waals surface area (Å²) in [6.45, 7) is 2.28. The second-order valence-electron chi connectivity index (χ2n) is 3.88. The van der Waals surface area contributed by atoms with Crippen LogP contribution in [-0.4, -0.2) is 21.0 Å². The van der Waals surface area contributed by atoms with Crippen molar-refractivity contribution in [3.8, 4) is 5.75 Å². The first-order valence-corrected chi connectivity index (χ1v) is 4.88. The Morgan fingerprint density at radius 3 is 2.24 bits per heavy atom. The molecule has 1 aromatic rings. The molecular formula is C10H12N2O5. The van der Waals surface area contributed by atoms with Crippen molar-refractivity contribution >= 4 is 0 Å². The maximum Gasteiger partial charge on any atom is 0.313 e. The van der Waals surface area contributed by atoms with Crippen molar-refractivity contribution in [3.05, 3.63) is 50.1 Å². The van der Waals surface area contributed by atoms with E-state index >= 15 is 0 Å². The van der Waals surface area contributed by atoms with E-state index < -0.39 is 21.4 Å². The van der Waals surface area contributed by atoms with E-state index in [-0.39, 0.29) is 11.3 Å². The van der Waals surface area contributed by atoms with Gasteiger partial charge in [-0.1, -0.05) is 12.1 Å². The van der Waals surface area contributed by atoms with Gasteiger partial charge in [0.15, 0.2) is 0 Å². The summed E-state index contributed by atoms with van der Waals surface area (Å²) in [5.41, 5.74) is -2.02. The zero-order valence-electron chi connectivity index (χ0n) is 9.36. The summed E-state index contributed by atoms with van der Waals surface area (Å²) in [6, 6.07) is 4.12. The van der Waals surface area contributed by atoms with Crippen LogP contribution in [-0.2, 0) is 5.54 Å². The largest absolute Gasteiger partial charge is 0.507 e. The fraction of sp³-hybridized carbons (Fsp3) is 0.400. The molecule has 0 heterocycles. The molecule has 0 aliphatic carbocycles. The first kappa shape index (κ1) is 12.9. The van der Waals surface area contributed by atoms with Crippen molar-refractivity contribution in [2.45, 2.75) is 25.4 Å². The van der Waals surface area contributed by atoms with Gasteiger partial charge in [-0.25, -0.2) is 0 Å². The Bertz CT molecular complexity index is 462. The number of hydrogen-bond acceptors (Lipinski definition) is 5. The van der Waals surface area contributed by atoms with E-state index in [4.69, 9.17) is 0 Å². The maximum absolute atomic E-state index is 11.1. The van der Waals surface area contributed by atoms with E-state index in [1.165, 1.54) is 24.3 Å². The summed E-state index contributed by atoms with van der Waals surface area (Å²) in [5, 5.41) is 31.5. The Labute approximate surface area is 97.0 Å². The summed E-state index contributed by atoms with van der Waals surface area (Å²) in [6.07, 6.45) is 0. The Hall–Kier alpha value is -2.18. The molecule has 17 heavy (non-hydrogen) atoms. The second-order valence-corrected chi connectivity index (χ2v) is 3.88. The molecule has 0 aliphatic heterocycles. The summed E-state index contributed by atoms with van der Waals surface area (Å²) in [4.78, 5) is 20.4. The number of phenolic OH excluding ortho intramolecular Hbond substituents is 1. The van der Waals surface area contributed by atoms with Crippen molar-refractivity contribution in [1.29, 1.82) is 0 Å². The van der Waals surface area contributed by atoms with E-state index in [1.807, 2.05) is 0 Å². The van der Waals surface area contributed by atoms with Crippen LogP contribution in [0.3, 0.4) is 0 Å². The van der Waals surface area contributed by atoms with Crippen molar-refractivity contribution in [2.75, 3.05) is 0 Å². The lowest BCUT2D eigenvalue weighted by Gasteiger charge is -2.22. The molecule has 1 N–H and O–H groups in total. The number of para-hydroxylation sites is 1. The third-order valence-electron chi connectivity index (χ3n) is 2.96. The van der Waals surface area contributed by atoms with Crippen LogP contribution in [0.1, 0.15) is 19.4 Å². The van der Waals surface area contributed by atoms with Crippen molar-refractivity contribution < 1.29 is 15.0 Å². The van der Waals surface area contributed by atoms with E-state index in [0.29, 0.717) is 0 Å². The summed E-state index contributed by atoms with van der Waals surface area (Å²) in [7, 11) is 0. The van der Waals surface area contributed by atoms with Crippen molar-refractivity contribution in [2.24, 2.45) is 0 Å². The average molecular weight is 240 g/mol. The van der Waals surface area contributed by atoms with E-state index in [0.717, 1.165) is 13.8 Å². The molecule has 0 radical (unpaired) electrons. The molecule has 92 valence electrons. The summed E-state index contributed by atoms with van der Waals surface area (Å²) in [5.74, 6) is -0.319. The number of phenols is 1. The van der Waals surface area contributed by atoms with Crippen LogP contribution < -0.4 is 0 Å². The molecule has 0 saturated carbocycles. The minimum absolute atomic E-state index is 0.0609. The van der Waals surface area contributed by atoms with Gasteiger partial charge >= 0.3 is 5.54 Å². The highest BCUT2D eigenvalue weighted by Crippen LogP contribution is 2.35. The fourth-order valence-electron chi connectivity index (χ4n) is 1.58. The first-order chi connectivity index (χ1) is 7.81. The van der Waals surface area contributed by atoms with Crippen LogP contribution in [0.4, 0.5) is 0 Å². The minimum Gasteiger partial charge on any atom is -0.507 e. The number of rotatable bonds is 4. The third-order valence-corrected chi connectivity index (χ3v) is 2.96. The lowest BCUT2D eigenvalue weighted by molar-refractivity contribution is -0.655. The van der Waals surface area contributed by atoms with Crippen LogP contribution in [0, 0.1) is 20.2 Å². The van der Waals surface area contributed by atoms with Gasteiger partial charge in [0, 0.05) is 23.7 Å². The van der Waals surface area contributed by atoms with Gasteiger partial charge in [0.05, 0.1) is 5.56 Å². The van der Waals surface area contributed by atoms with Gasteiger partial charge in [-0.05, 0) is 12.1 Å². The number of aromatic hydroxyl groups is 1. The minimum atomic E-state index is -1.96. The lowest BCUT2D eigenvalue weighted by Crippen LogP contribution is -2.46. The second kappa shape index (κ2) is 4.36. The molecule has 0 bridgehead atoms. The van der Waals surface area contributed by atoms with Crippen LogP contribution in [0.5, 0.6) is 5.75 Å². The molecule has 1 aromatic carbocycles. The molecule has 0 aromatic heterocycles. The zero-order valence-corrected chi connectivity index (χ0v) is 9.36. The van der Waals surface area contributed by atoms with Crippen molar-refractivity contribution in [1.82, 2.24) is 0 Å². The molecule has 7 nitrogen and oxygen atoms in total. The van der Waals surface area contributed by atoms with Gasteiger partial charge in [-0.2, -0.15) is 0 Å². The predicted molar refractivity (Wildman–Crippen MR) is 58.9 cm³/mol. The highest BCUT2D eigenvalue weighted by atomic mass is 16.6. The molecule has 0 saturated heterocycles. The molecule has 0 spiro atoms. The van der Waals surface area contributed by atoms with Crippen LogP contribution in [0.25, 0.3) is 0 Å². The molecule has 0 amide bonds. The monoisotopic (exact) mass is 240 g/mol. The van der Waals surface area contributed by atoms with E-state index in [9.17, 15) is 25.3 Å². The quantitative estimate of drug-likeness (QED) is 0.634. The topological polar surface area (TPSA) is 107 Å². The maximum atomic E-state index is 11.1. The van der Waals surface area contributed by atoms with Gasteiger partial charge < -0.3 is 5.11 Å². The van der Waals surface area contributed by atoms with Gasteiger partial charge in [-0.3, -0.25) is 20.2 Å². The number of benzene rings is 1. The average Bonchev–Trinajstić information content (AvgIpc) is 2.27. The number of nitrogens with zero attached hydrogens (tertiary/aromatic N) is 2. The van der Waals surface area contributed by atoms with E-state index in [1.54, 1.807) is 0 Å². The van der Waals surface area contributed by atoms with Crippen LogP contribution >= 0.6 is 0 Å². The van der Waals surface area contributed by atoms with Crippen LogP contribution in [0.2, 0.25) is 0 Å². The zero-order chi connectivity index (χ0) is 13.2. The summed E-state index contributed by atoms with van der Waals surface area (Å²) < 4.78 is 0. The molecule has 7 heteroatoms. The summed E-state index contributed by atoms with van der Waals surface area (Å²) >= 11 is 0. The molecule has 2 unspecified atom stereocenters. The Morgan fingerprint density at radius 2 is 1.82 bits per heavy atom. The normalized spacial score (nSPS) is 15.9. The van der Waals surface area contributed by atoms with Gasteiger partial charge in [0.2, 0.25) is 0 Å². The van der Waals surface area contributed by atoms with Crippen molar-refractivity contribution in [3.63, 3.8) is 0 Å². The molecule has 0 aliphatic rings. The standard InChI is InChI=1S/C10H12N2O5/c1-7(11(14)15)10(2,12(16)17)8-5-3-4-6-9(8)13/h3-7,13H,1-2H3. The highest BCUT2D eigenvalue weighted by Gasteiger charge is 2.54. The fourth-order valence-corrected chi connectivity index (χ4v) is 1.58. The number of hydrogen-bond donors (Lipinski definition) is 1. The van der Waals surface area contributed by atoms with Gasteiger partial charge in [-0.15, -0.1) is 0 Å².